The smallest absolute Gasteiger partial charge is 0.0574 e. The van der Waals surface area contributed by atoms with Crippen LogP contribution in [0.3, 0.4) is 0 Å². The van der Waals surface area contributed by atoms with Gasteiger partial charge in [-0.2, -0.15) is 10.2 Å². The molecule has 1 aliphatic rings. The molecule has 0 unspecified atom stereocenters. The molecule has 0 aliphatic heterocycles. The van der Waals surface area contributed by atoms with Crippen LogP contribution in [0.1, 0.15) is 59.1 Å². The highest BCUT2D eigenvalue weighted by Gasteiger charge is 1.96. The molecule has 0 aromatic carbocycles. The number of hydrogen-bond donors (Lipinski definition) is 0. The lowest BCUT2D eigenvalue weighted by Crippen LogP contribution is -1.85. The molecule has 1 aromatic rings. The van der Waals surface area contributed by atoms with Crippen molar-refractivity contribution >= 4 is 12.2 Å². The van der Waals surface area contributed by atoms with Gasteiger partial charge in [0.25, 0.3) is 0 Å². The Morgan fingerprint density at radius 1 is 0.706 bits per heavy atom. The lowest BCUT2D eigenvalue weighted by Gasteiger charge is -1.94. The fraction of sp³-hybridized carbons (Fsp3) is 0.467. The number of hydrogen-bond acceptors (Lipinski definition) is 2. The molecular weight excluding hydrogens is 208 g/mol. The van der Waals surface area contributed by atoms with Crippen molar-refractivity contribution in [1.29, 1.82) is 0 Å². The quantitative estimate of drug-likeness (QED) is 0.632. The monoisotopic (exact) mass is 234 g/mol. The molecule has 17 heavy (non-hydrogen) atoms. The second kappa shape index (κ2) is 14.6. The summed E-state index contributed by atoms with van der Waals surface area (Å²) >= 11 is 0. The number of rotatable bonds is 0. The SMILES string of the molecule is C1=Cc2cnncc2C=CC1.CC.CC.CC. The fourth-order valence-corrected chi connectivity index (χ4v) is 1.09. The van der Waals surface area contributed by atoms with E-state index in [0.29, 0.717) is 0 Å². The van der Waals surface area contributed by atoms with Crippen LogP contribution < -0.4 is 0 Å². The molecule has 2 rings (SSSR count). The Bertz CT molecular complexity index is 283. The standard InChI is InChI=1S/C9H8N2.3C2H6/c1-2-4-8-6-10-11-7-9(8)5-3-1;3*1-2/h2-7H,1H2;3*1-2H3. The Morgan fingerprint density at radius 3 is 1.41 bits per heavy atom. The van der Waals surface area contributed by atoms with Crippen molar-refractivity contribution in [3.63, 3.8) is 0 Å². The normalized spacial score (nSPS) is 10.2. The maximum atomic E-state index is 3.80. The molecule has 0 atom stereocenters. The van der Waals surface area contributed by atoms with E-state index >= 15 is 0 Å². The summed E-state index contributed by atoms with van der Waals surface area (Å²) in [6.45, 7) is 12.0. The predicted octanol–water partition coefficient (Wildman–Crippen LogP) is 4.99. The molecule has 2 nitrogen and oxygen atoms in total. The zero-order chi connectivity index (χ0) is 13.5. The highest BCUT2D eigenvalue weighted by atomic mass is 15.1. The lowest BCUT2D eigenvalue weighted by molar-refractivity contribution is 1.02. The van der Waals surface area contributed by atoms with Gasteiger partial charge in [-0.25, -0.2) is 0 Å². The van der Waals surface area contributed by atoms with Crippen molar-refractivity contribution in [1.82, 2.24) is 10.2 Å². The third-order valence-corrected chi connectivity index (χ3v) is 1.66. The van der Waals surface area contributed by atoms with E-state index < -0.39 is 0 Å². The van der Waals surface area contributed by atoms with E-state index in [0.717, 1.165) is 17.5 Å². The van der Waals surface area contributed by atoms with E-state index in [-0.39, 0.29) is 0 Å². The van der Waals surface area contributed by atoms with Gasteiger partial charge in [0.15, 0.2) is 0 Å². The van der Waals surface area contributed by atoms with Gasteiger partial charge in [-0.1, -0.05) is 65.8 Å². The van der Waals surface area contributed by atoms with Crippen LogP contribution in [0, 0.1) is 0 Å². The van der Waals surface area contributed by atoms with E-state index in [1.54, 1.807) is 12.4 Å². The third-order valence-electron chi connectivity index (χ3n) is 1.66. The van der Waals surface area contributed by atoms with Gasteiger partial charge in [0.05, 0.1) is 12.4 Å². The summed E-state index contributed by atoms with van der Waals surface area (Å²) in [6, 6.07) is 0. The first-order chi connectivity index (χ1) is 8.47. The molecule has 96 valence electrons. The van der Waals surface area contributed by atoms with E-state index in [9.17, 15) is 0 Å². The molecule has 2 heteroatoms. The number of fused-ring (bicyclic) bond motifs is 1. The number of nitrogens with zero attached hydrogens (tertiary/aromatic N) is 2. The minimum atomic E-state index is 0.995. The van der Waals surface area contributed by atoms with Gasteiger partial charge in [0.1, 0.15) is 0 Å². The van der Waals surface area contributed by atoms with Crippen molar-refractivity contribution in [2.24, 2.45) is 0 Å². The summed E-state index contributed by atoms with van der Waals surface area (Å²) < 4.78 is 0. The molecule has 1 heterocycles. The average Bonchev–Trinajstić information content (AvgIpc) is 2.70. The fourth-order valence-electron chi connectivity index (χ4n) is 1.09. The van der Waals surface area contributed by atoms with Crippen LogP contribution in [0.5, 0.6) is 0 Å². The second-order valence-corrected chi connectivity index (χ2v) is 2.44. The van der Waals surface area contributed by atoms with Crippen LogP contribution in [0.25, 0.3) is 12.2 Å². The first-order valence-electron chi connectivity index (χ1n) is 6.60. The first kappa shape index (κ1) is 17.9. The van der Waals surface area contributed by atoms with Crippen LogP contribution in [0.2, 0.25) is 0 Å². The summed E-state index contributed by atoms with van der Waals surface area (Å²) in [5, 5.41) is 7.61. The summed E-state index contributed by atoms with van der Waals surface area (Å²) in [5.41, 5.74) is 2.29. The summed E-state index contributed by atoms with van der Waals surface area (Å²) in [7, 11) is 0. The first-order valence-corrected chi connectivity index (χ1v) is 6.60. The molecule has 0 saturated carbocycles. The lowest BCUT2D eigenvalue weighted by atomic mass is 10.2. The molecule has 0 N–H and O–H groups in total. The van der Waals surface area contributed by atoms with Gasteiger partial charge in [-0.15, -0.1) is 0 Å². The molecule has 0 radical (unpaired) electrons. The van der Waals surface area contributed by atoms with Gasteiger partial charge >= 0.3 is 0 Å². The topological polar surface area (TPSA) is 25.8 Å². The van der Waals surface area contributed by atoms with Crippen LogP contribution in [0.15, 0.2) is 24.5 Å². The molecule has 0 amide bonds. The minimum Gasteiger partial charge on any atom is -0.158 e. The number of aromatic nitrogens is 2. The Balaban J connectivity index is 0. The van der Waals surface area contributed by atoms with Crippen molar-refractivity contribution < 1.29 is 0 Å². The highest BCUT2D eigenvalue weighted by molar-refractivity contribution is 5.65. The second-order valence-electron chi connectivity index (χ2n) is 2.44. The van der Waals surface area contributed by atoms with E-state index in [1.807, 2.05) is 41.5 Å². The molecule has 0 bridgehead atoms. The Morgan fingerprint density at radius 2 is 1.06 bits per heavy atom. The van der Waals surface area contributed by atoms with Gasteiger partial charge in [0, 0.05) is 11.1 Å². The molecule has 0 fully saturated rings. The van der Waals surface area contributed by atoms with Crippen LogP contribution in [-0.4, -0.2) is 10.2 Å². The molecule has 1 aliphatic carbocycles. The zero-order valence-corrected chi connectivity index (χ0v) is 12.1. The van der Waals surface area contributed by atoms with E-state index in [2.05, 4.69) is 34.5 Å². The number of allylic oxidation sites excluding steroid dienone is 2. The van der Waals surface area contributed by atoms with Crippen molar-refractivity contribution in [3.05, 3.63) is 35.7 Å². The van der Waals surface area contributed by atoms with E-state index in [1.165, 1.54) is 0 Å². The Labute approximate surface area is 106 Å². The van der Waals surface area contributed by atoms with Gasteiger partial charge in [0.2, 0.25) is 0 Å². The zero-order valence-electron chi connectivity index (χ0n) is 12.1. The van der Waals surface area contributed by atoms with Crippen molar-refractivity contribution in [3.8, 4) is 0 Å². The highest BCUT2D eigenvalue weighted by Crippen LogP contribution is 2.13. The van der Waals surface area contributed by atoms with Gasteiger partial charge in [-0.3, -0.25) is 0 Å². The largest absolute Gasteiger partial charge is 0.158 e. The molecular formula is C15H26N2. The Hall–Kier alpha value is -1.44. The average molecular weight is 234 g/mol. The van der Waals surface area contributed by atoms with Crippen LogP contribution in [-0.2, 0) is 0 Å². The summed E-state index contributed by atoms with van der Waals surface area (Å²) in [5.74, 6) is 0. The van der Waals surface area contributed by atoms with Gasteiger partial charge < -0.3 is 0 Å². The molecule has 0 saturated heterocycles. The van der Waals surface area contributed by atoms with Gasteiger partial charge in [-0.05, 0) is 6.42 Å². The Kier molecular flexibility index (Phi) is 15.4. The maximum Gasteiger partial charge on any atom is 0.0574 e. The molecule has 0 spiro atoms. The summed E-state index contributed by atoms with van der Waals surface area (Å²) in [4.78, 5) is 0. The van der Waals surface area contributed by atoms with E-state index in [4.69, 9.17) is 0 Å². The van der Waals surface area contributed by atoms with Crippen LogP contribution >= 0.6 is 0 Å². The van der Waals surface area contributed by atoms with Crippen molar-refractivity contribution in [2.45, 2.75) is 48.0 Å². The van der Waals surface area contributed by atoms with Crippen LogP contribution in [0.4, 0.5) is 0 Å². The maximum absolute atomic E-state index is 3.80. The minimum absolute atomic E-state index is 0.995. The molecule has 1 aromatic heterocycles. The predicted molar refractivity (Wildman–Crippen MR) is 78.8 cm³/mol. The van der Waals surface area contributed by atoms with Crippen molar-refractivity contribution in [2.75, 3.05) is 0 Å². The summed E-state index contributed by atoms with van der Waals surface area (Å²) in [6.07, 6.45) is 12.9. The third kappa shape index (κ3) is 7.45.